The van der Waals surface area contributed by atoms with E-state index in [1.165, 1.54) is 18.2 Å². The molecule has 5 nitrogen and oxygen atoms in total. The van der Waals surface area contributed by atoms with Crippen LogP contribution in [0.4, 0.5) is 15.8 Å². The van der Waals surface area contributed by atoms with Crippen molar-refractivity contribution in [2.24, 2.45) is 0 Å². The van der Waals surface area contributed by atoms with E-state index in [0.717, 1.165) is 9.26 Å². The quantitative estimate of drug-likeness (QED) is 0.591. The number of carbonyl (C=O) groups is 1. The molecular formula is C16H16FIN2O3. The number of ether oxygens (including phenoxy) is 1. The average molecular weight is 430 g/mol. The molecule has 0 bridgehead atoms. The van der Waals surface area contributed by atoms with Crippen molar-refractivity contribution in [2.75, 3.05) is 30.4 Å². The number of hydrogen-bond donors (Lipinski definition) is 3. The lowest BCUT2D eigenvalue weighted by molar-refractivity contribution is -0.114. The van der Waals surface area contributed by atoms with Crippen molar-refractivity contribution in [2.45, 2.75) is 0 Å². The van der Waals surface area contributed by atoms with E-state index in [1.54, 1.807) is 0 Å². The van der Waals surface area contributed by atoms with E-state index >= 15 is 0 Å². The second-order valence-corrected chi connectivity index (χ2v) is 5.76. The molecule has 0 unspecified atom stereocenters. The van der Waals surface area contributed by atoms with Crippen molar-refractivity contribution in [3.05, 3.63) is 51.9 Å². The summed E-state index contributed by atoms with van der Waals surface area (Å²) in [5.74, 6) is -0.431. The zero-order valence-corrected chi connectivity index (χ0v) is 14.3. The monoisotopic (exact) mass is 430 g/mol. The van der Waals surface area contributed by atoms with Gasteiger partial charge in [0.25, 0.3) is 0 Å². The molecule has 0 aliphatic rings. The van der Waals surface area contributed by atoms with Gasteiger partial charge >= 0.3 is 0 Å². The number of carbonyl (C=O) groups excluding carboxylic acids is 1. The van der Waals surface area contributed by atoms with Gasteiger partial charge in [-0.05, 0) is 46.9 Å². The molecule has 0 saturated carbocycles. The van der Waals surface area contributed by atoms with Gasteiger partial charge in [0.1, 0.15) is 18.2 Å². The third kappa shape index (κ3) is 5.36. The van der Waals surface area contributed by atoms with Crippen LogP contribution in [0.2, 0.25) is 0 Å². The van der Waals surface area contributed by atoms with E-state index in [4.69, 9.17) is 9.84 Å². The highest BCUT2D eigenvalue weighted by Crippen LogP contribution is 2.25. The lowest BCUT2D eigenvalue weighted by Crippen LogP contribution is -2.22. The Bertz CT molecular complexity index is 682. The summed E-state index contributed by atoms with van der Waals surface area (Å²) in [6, 6.07) is 11.4. The summed E-state index contributed by atoms with van der Waals surface area (Å²) < 4.78 is 19.4. The highest BCUT2D eigenvalue weighted by atomic mass is 127. The van der Waals surface area contributed by atoms with Crippen molar-refractivity contribution in [1.29, 1.82) is 0 Å². The highest BCUT2D eigenvalue weighted by molar-refractivity contribution is 14.1. The number of aliphatic hydroxyl groups excluding tert-OH is 1. The van der Waals surface area contributed by atoms with Crippen LogP contribution in [0.5, 0.6) is 5.75 Å². The van der Waals surface area contributed by atoms with E-state index in [1.807, 2.05) is 24.3 Å². The highest BCUT2D eigenvalue weighted by Gasteiger charge is 2.09. The van der Waals surface area contributed by atoms with Crippen LogP contribution >= 0.6 is 22.6 Å². The molecular weight excluding hydrogens is 414 g/mol. The van der Waals surface area contributed by atoms with E-state index in [2.05, 4.69) is 33.2 Å². The number of halogens is 2. The predicted octanol–water partition coefficient (Wildman–Crippen LogP) is 2.85. The van der Waals surface area contributed by atoms with Crippen LogP contribution in [0, 0.1) is 9.39 Å². The molecule has 2 rings (SSSR count). The minimum Gasteiger partial charge on any atom is -0.489 e. The maximum Gasteiger partial charge on any atom is 0.243 e. The molecule has 3 N–H and O–H groups in total. The standard InChI is InChI=1S/C16H16FIN2O3/c17-11-5-6-14(15(9-11)23-8-7-21)19-10-16(22)20-13-4-2-1-3-12(13)18/h1-6,9,19,21H,7-8,10H2,(H,20,22). The number of aliphatic hydroxyl groups is 1. The van der Waals surface area contributed by atoms with E-state index in [0.29, 0.717) is 5.69 Å². The van der Waals surface area contributed by atoms with Gasteiger partial charge < -0.3 is 20.5 Å². The number of hydrogen-bond acceptors (Lipinski definition) is 4. The van der Waals surface area contributed by atoms with E-state index in [-0.39, 0.29) is 31.4 Å². The second kappa shape index (κ2) is 8.68. The van der Waals surface area contributed by atoms with Crippen LogP contribution in [-0.2, 0) is 4.79 Å². The molecule has 0 aliphatic heterocycles. The average Bonchev–Trinajstić information content (AvgIpc) is 2.54. The fraction of sp³-hybridized carbons (Fsp3) is 0.188. The third-order valence-electron chi connectivity index (χ3n) is 2.88. The van der Waals surface area contributed by atoms with Gasteiger partial charge in [0.2, 0.25) is 5.91 Å². The summed E-state index contributed by atoms with van der Waals surface area (Å²) in [6.45, 7) is -0.123. The molecule has 2 aromatic rings. The summed E-state index contributed by atoms with van der Waals surface area (Å²) in [5.41, 5.74) is 1.22. The van der Waals surface area contributed by atoms with Gasteiger partial charge in [-0.15, -0.1) is 0 Å². The van der Waals surface area contributed by atoms with Crippen LogP contribution in [-0.4, -0.2) is 30.8 Å². The summed E-state index contributed by atoms with van der Waals surface area (Å²) in [7, 11) is 0. The van der Waals surface area contributed by atoms with E-state index in [9.17, 15) is 9.18 Å². The van der Waals surface area contributed by atoms with Gasteiger partial charge in [-0.3, -0.25) is 4.79 Å². The van der Waals surface area contributed by atoms with Gasteiger partial charge in [0.05, 0.1) is 24.5 Å². The van der Waals surface area contributed by atoms with Gasteiger partial charge in [0.15, 0.2) is 0 Å². The fourth-order valence-corrected chi connectivity index (χ4v) is 2.37. The molecule has 0 saturated heterocycles. The second-order valence-electron chi connectivity index (χ2n) is 4.59. The van der Waals surface area contributed by atoms with E-state index < -0.39 is 5.82 Å². The number of para-hydroxylation sites is 1. The van der Waals surface area contributed by atoms with Gasteiger partial charge in [0, 0.05) is 9.64 Å². The Hall–Kier alpha value is -1.87. The fourth-order valence-electron chi connectivity index (χ4n) is 1.85. The number of anilines is 2. The van der Waals surface area contributed by atoms with Crippen molar-refractivity contribution in [1.82, 2.24) is 0 Å². The summed E-state index contributed by atoms with van der Waals surface area (Å²) in [4.78, 5) is 12.0. The molecule has 0 aromatic heterocycles. The maximum atomic E-state index is 13.3. The number of amides is 1. The number of benzene rings is 2. The SMILES string of the molecule is O=C(CNc1ccc(F)cc1OCCO)Nc1ccccc1I. The van der Waals surface area contributed by atoms with Crippen molar-refractivity contribution in [3.63, 3.8) is 0 Å². The van der Waals surface area contributed by atoms with Crippen molar-refractivity contribution >= 4 is 39.9 Å². The zero-order chi connectivity index (χ0) is 16.7. The molecule has 0 fully saturated rings. The lowest BCUT2D eigenvalue weighted by Gasteiger charge is -2.13. The van der Waals surface area contributed by atoms with Crippen LogP contribution in [0.3, 0.4) is 0 Å². The summed E-state index contributed by atoms with van der Waals surface area (Å²) in [6.07, 6.45) is 0. The first-order valence-corrected chi connectivity index (χ1v) is 7.99. The Morgan fingerprint density at radius 1 is 1.22 bits per heavy atom. The van der Waals surface area contributed by atoms with Gasteiger partial charge in [-0.25, -0.2) is 4.39 Å². The summed E-state index contributed by atoms with van der Waals surface area (Å²) in [5, 5.41) is 14.5. The Kier molecular flexibility index (Phi) is 6.60. The smallest absolute Gasteiger partial charge is 0.243 e. The minimum absolute atomic E-state index is 0.00604. The first-order chi connectivity index (χ1) is 11.1. The number of rotatable bonds is 7. The van der Waals surface area contributed by atoms with Crippen LogP contribution in [0.25, 0.3) is 0 Å². The Labute approximate surface area is 147 Å². The molecule has 0 spiro atoms. The molecule has 7 heteroatoms. The van der Waals surface area contributed by atoms with Crippen LogP contribution in [0.15, 0.2) is 42.5 Å². The molecule has 2 aromatic carbocycles. The lowest BCUT2D eigenvalue weighted by atomic mass is 10.2. The number of nitrogens with one attached hydrogen (secondary N) is 2. The first kappa shape index (κ1) is 17.5. The molecule has 1 amide bonds. The molecule has 0 atom stereocenters. The molecule has 122 valence electrons. The largest absolute Gasteiger partial charge is 0.489 e. The Morgan fingerprint density at radius 2 is 2.00 bits per heavy atom. The van der Waals surface area contributed by atoms with Crippen LogP contribution < -0.4 is 15.4 Å². The third-order valence-corrected chi connectivity index (χ3v) is 3.82. The Balaban J connectivity index is 1.97. The van der Waals surface area contributed by atoms with Crippen LogP contribution in [0.1, 0.15) is 0 Å². The topological polar surface area (TPSA) is 70.6 Å². The minimum atomic E-state index is -0.452. The molecule has 0 aliphatic carbocycles. The normalized spacial score (nSPS) is 10.2. The maximum absolute atomic E-state index is 13.3. The predicted molar refractivity (Wildman–Crippen MR) is 95.3 cm³/mol. The summed E-state index contributed by atoms with van der Waals surface area (Å²) >= 11 is 2.14. The zero-order valence-electron chi connectivity index (χ0n) is 12.2. The van der Waals surface area contributed by atoms with Crippen molar-refractivity contribution in [3.8, 4) is 5.75 Å². The van der Waals surface area contributed by atoms with Crippen molar-refractivity contribution < 1.29 is 19.0 Å². The van der Waals surface area contributed by atoms with Gasteiger partial charge in [-0.2, -0.15) is 0 Å². The molecule has 23 heavy (non-hydrogen) atoms. The first-order valence-electron chi connectivity index (χ1n) is 6.91. The van der Waals surface area contributed by atoms with Gasteiger partial charge in [-0.1, -0.05) is 12.1 Å². The molecule has 0 radical (unpaired) electrons. The Morgan fingerprint density at radius 3 is 2.74 bits per heavy atom. The molecule has 0 heterocycles.